The lowest BCUT2D eigenvalue weighted by Crippen LogP contribution is -2.42. The van der Waals surface area contributed by atoms with E-state index in [-0.39, 0.29) is 0 Å². The first kappa shape index (κ1) is 8.90. The van der Waals surface area contributed by atoms with Crippen LogP contribution in [0.2, 0.25) is 0 Å². The van der Waals surface area contributed by atoms with Crippen molar-refractivity contribution in [3.8, 4) is 0 Å². The standard InChI is InChI=1S/C5H9N2O3/c1-3(9)7-4(2-8)5(6)10/h4,6,8H,2H2,1H3,(H,7,9). The fourth-order valence-corrected chi connectivity index (χ4v) is 0.439. The third-order valence-electron chi connectivity index (χ3n) is 0.877. The molecule has 0 aromatic rings. The molecule has 10 heavy (non-hydrogen) atoms. The Kier molecular flexibility index (Phi) is 3.42. The quantitative estimate of drug-likeness (QED) is 0.495. The molecule has 0 spiro atoms. The number of rotatable bonds is 3. The summed E-state index contributed by atoms with van der Waals surface area (Å²) >= 11 is 0. The van der Waals surface area contributed by atoms with Gasteiger partial charge in [0.05, 0.1) is 6.61 Å². The van der Waals surface area contributed by atoms with E-state index in [9.17, 15) is 9.59 Å². The summed E-state index contributed by atoms with van der Waals surface area (Å²) in [5.41, 5.74) is 6.51. The Morgan fingerprint density at radius 3 is 2.30 bits per heavy atom. The van der Waals surface area contributed by atoms with E-state index in [1.165, 1.54) is 6.92 Å². The molecule has 0 rings (SSSR count). The summed E-state index contributed by atoms with van der Waals surface area (Å²) in [6.07, 6.45) is 0. The van der Waals surface area contributed by atoms with Crippen molar-refractivity contribution in [2.45, 2.75) is 13.0 Å². The number of carbonyl (C=O) groups excluding carboxylic acids is 2. The monoisotopic (exact) mass is 145 g/mol. The van der Waals surface area contributed by atoms with E-state index in [4.69, 9.17) is 10.8 Å². The Hall–Kier alpha value is -1.10. The van der Waals surface area contributed by atoms with Crippen LogP contribution in [0.1, 0.15) is 6.92 Å². The van der Waals surface area contributed by atoms with Gasteiger partial charge in [-0.1, -0.05) is 0 Å². The van der Waals surface area contributed by atoms with Crippen LogP contribution in [0.25, 0.3) is 0 Å². The minimum absolute atomic E-state index is 0.431. The van der Waals surface area contributed by atoms with Crippen molar-refractivity contribution in [1.82, 2.24) is 11.1 Å². The van der Waals surface area contributed by atoms with Gasteiger partial charge in [0.1, 0.15) is 6.04 Å². The maximum Gasteiger partial charge on any atom is 0.263 e. The van der Waals surface area contributed by atoms with Crippen LogP contribution in [0.3, 0.4) is 0 Å². The molecule has 0 fully saturated rings. The van der Waals surface area contributed by atoms with Gasteiger partial charge >= 0.3 is 0 Å². The predicted octanol–water partition coefficient (Wildman–Crippen LogP) is -1.71. The van der Waals surface area contributed by atoms with E-state index in [0.717, 1.165) is 0 Å². The van der Waals surface area contributed by atoms with Crippen LogP contribution >= 0.6 is 0 Å². The van der Waals surface area contributed by atoms with Crippen LogP contribution in [0, 0.1) is 0 Å². The van der Waals surface area contributed by atoms with Crippen molar-refractivity contribution in [3.63, 3.8) is 0 Å². The molecule has 1 unspecified atom stereocenters. The fraction of sp³-hybridized carbons (Fsp3) is 0.600. The van der Waals surface area contributed by atoms with E-state index in [1.54, 1.807) is 0 Å². The molecule has 1 atom stereocenters. The number of nitrogens with one attached hydrogen (secondary N) is 2. The molecule has 57 valence electrons. The van der Waals surface area contributed by atoms with Crippen LogP contribution in [0.15, 0.2) is 0 Å². The van der Waals surface area contributed by atoms with E-state index in [1.807, 2.05) is 0 Å². The Labute approximate surface area is 58.2 Å². The molecule has 0 aromatic carbocycles. The van der Waals surface area contributed by atoms with Crippen molar-refractivity contribution >= 4 is 11.8 Å². The summed E-state index contributed by atoms with van der Waals surface area (Å²) in [7, 11) is 0. The van der Waals surface area contributed by atoms with Crippen molar-refractivity contribution in [1.29, 1.82) is 0 Å². The van der Waals surface area contributed by atoms with Crippen LogP contribution in [0.5, 0.6) is 0 Å². The molecule has 5 heteroatoms. The molecule has 1 radical (unpaired) electrons. The smallest absolute Gasteiger partial charge is 0.263 e. The van der Waals surface area contributed by atoms with Gasteiger partial charge in [-0.25, -0.2) is 0 Å². The highest BCUT2D eigenvalue weighted by molar-refractivity contribution is 5.85. The van der Waals surface area contributed by atoms with Gasteiger partial charge in [0.25, 0.3) is 5.91 Å². The zero-order valence-electron chi connectivity index (χ0n) is 5.55. The number of carbonyl (C=O) groups is 2. The molecule has 0 aliphatic carbocycles. The summed E-state index contributed by atoms with van der Waals surface area (Å²) in [4.78, 5) is 20.5. The van der Waals surface area contributed by atoms with Gasteiger partial charge in [-0.3, -0.25) is 15.3 Å². The van der Waals surface area contributed by atoms with E-state index in [0.29, 0.717) is 0 Å². The molecule has 0 aliphatic rings. The van der Waals surface area contributed by atoms with E-state index in [2.05, 4.69) is 5.32 Å². The highest BCUT2D eigenvalue weighted by Crippen LogP contribution is 1.79. The summed E-state index contributed by atoms with van der Waals surface area (Å²) in [5, 5.41) is 10.5. The van der Waals surface area contributed by atoms with Gasteiger partial charge in [-0.15, -0.1) is 0 Å². The van der Waals surface area contributed by atoms with Gasteiger partial charge in [0.2, 0.25) is 5.91 Å². The second-order valence-electron chi connectivity index (χ2n) is 1.80. The normalized spacial score (nSPS) is 12.2. The number of aliphatic hydroxyl groups is 1. The van der Waals surface area contributed by atoms with Crippen molar-refractivity contribution in [2.24, 2.45) is 0 Å². The van der Waals surface area contributed by atoms with Gasteiger partial charge in [-0.2, -0.15) is 0 Å². The van der Waals surface area contributed by atoms with Crippen LogP contribution in [-0.2, 0) is 9.59 Å². The predicted molar refractivity (Wildman–Crippen MR) is 32.8 cm³/mol. The topological polar surface area (TPSA) is 90.2 Å². The molecule has 0 heterocycles. The van der Waals surface area contributed by atoms with Crippen LogP contribution in [-0.4, -0.2) is 29.6 Å². The lowest BCUT2D eigenvalue weighted by molar-refractivity contribution is -0.127. The van der Waals surface area contributed by atoms with Gasteiger partial charge in [0, 0.05) is 6.92 Å². The first-order valence-corrected chi connectivity index (χ1v) is 2.71. The highest BCUT2D eigenvalue weighted by atomic mass is 16.3. The van der Waals surface area contributed by atoms with Crippen LogP contribution in [0.4, 0.5) is 0 Å². The second kappa shape index (κ2) is 3.84. The Balaban J connectivity index is 3.83. The van der Waals surface area contributed by atoms with Crippen molar-refractivity contribution < 1.29 is 14.7 Å². The molecule has 0 aliphatic heterocycles. The SMILES string of the molecule is CC(=O)NC(CO)C([NH])=O. The molecular weight excluding hydrogens is 136 g/mol. The maximum absolute atomic E-state index is 10.3. The molecule has 0 bridgehead atoms. The number of hydrogen-bond donors (Lipinski definition) is 2. The van der Waals surface area contributed by atoms with Crippen LogP contribution < -0.4 is 11.1 Å². The maximum atomic E-state index is 10.3. The molecule has 3 N–H and O–H groups in total. The first-order chi connectivity index (χ1) is 4.57. The Morgan fingerprint density at radius 2 is 2.20 bits per heavy atom. The molecular formula is C5H9N2O3. The minimum atomic E-state index is -1.07. The number of hydrogen-bond acceptors (Lipinski definition) is 3. The third kappa shape index (κ3) is 3.03. The summed E-state index contributed by atoms with van der Waals surface area (Å²) < 4.78 is 0. The lowest BCUT2D eigenvalue weighted by Gasteiger charge is -2.08. The molecule has 0 saturated heterocycles. The average molecular weight is 145 g/mol. The summed E-state index contributed by atoms with van der Waals surface area (Å²) in [6.45, 7) is 0.688. The molecule has 0 saturated carbocycles. The highest BCUT2D eigenvalue weighted by Gasteiger charge is 2.14. The number of aliphatic hydroxyl groups excluding tert-OH is 1. The van der Waals surface area contributed by atoms with Gasteiger partial charge < -0.3 is 10.4 Å². The van der Waals surface area contributed by atoms with Crippen molar-refractivity contribution in [3.05, 3.63) is 0 Å². The van der Waals surface area contributed by atoms with Gasteiger partial charge in [-0.05, 0) is 0 Å². The van der Waals surface area contributed by atoms with Gasteiger partial charge in [0.15, 0.2) is 0 Å². The Morgan fingerprint density at radius 1 is 1.70 bits per heavy atom. The third-order valence-corrected chi connectivity index (χ3v) is 0.877. The fourth-order valence-electron chi connectivity index (χ4n) is 0.439. The van der Waals surface area contributed by atoms with E-state index >= 15 is 0 Å². The first-order valence-electron chi connectivity index (χ1n) is 2.71. The zero-order chi connectivity index (χ0) is 8.15. The largest absolute Gasteiger partial charge is 0.394 e. The second-order valence-corrected chi connectivity index (χ2v) is 1.80. The Bertz CT molecular complexity index is 146. The molecule has 2 amide bonds. The summed E-state index contributed by atoms with van der Waals surface area (Å²) in [5.74, 6) is -1.42. The number of amides is 2. The summed E-state index contributed by atoms with van der Waals surface area (Å²) in [6, 6.07) is -1.07. The van der Waals surface area contributed by atoms with Crippen molar-refractivity contribution in [2.75, 3.05) is 6.61 Å². The zero-order valence-corrected chi connectivity index (χ0v) is 5.55. The van der Waals surface area contributed by atoms with E-state index < -0.39 is 24.5 Å². The minimum Gasteiger partial charge on any atom is -0.394 e. The molecule has 0 aromatic heterocycles. The average Bonchev–Trinajstić information content (AvgIpc) is 1.81. The lowest BCUT2D eigenvalue weighted by atomic mass is 10.3. The molecule has 5 nitrogen and oxygen atoms in total.